The quantitative estimate of drug-likeness (QED) is 0.339. The van der Waals surface area contributed by atoms with E-state index in [0.717, 1.165) is 28.8 Å². The first kappa shape index (κ1) is 23.5. The first-order chi connectivity index (χ1) is 16.4. The average molecular weight is 472 g/mol. The Balaban J connectivity index is 1.52. The van der Waals surface area contributed by atoms with E-state index in [0.29, 0.717) is 22.2 Å². The van der Waals surface area contributed by atoms with E-state index in [4.69, 9.17) is 16.3 Å². The minimum absolute atomic E-state index is 0.237. The van der Waals surface area contributed by atoms with Crippen molar-refractivity contribution in [3.63, 3.8) is 0 Å². The molecule has 0 bridgehead atoms. The molecule has 5 nitrogen and oxygen atoms in total. The van der Waals surface area contributed by atoms with E-state index in [1.807, 2.05) is 12.1 Å². The van der Waals surface area contributed by atoms with E-state index in [2.05, 4.69) is 65.7 Å². The lowest BCUT2D eigenvalue weighted by atomic mass is 9.98. The van der Waals surface area contributed by atoms with Crippen molar-refractivity contribution in [1.82, 2.24) is 9.88 Å². The highest BCUT2D eigenvalue weighted by molar-refractivity contribution is 6.33. The molecule has 0 saturated carbocycles. The number of methoxy groups -OCH3 is 1. The molecule has 0 aliphatic rings. The van der Waals surface area contributed by atoms with Gasteiger partial charge >= 0.3 is 0 Å². The number of aromatic nitrogens is 1. The van der Waals surface area contributed by atoms with Gasteiger partial charge in [-0.15, -0.1) is 0 Å². The van der Waals surface area contributed by atoms with Gasteiger partial charge in [0.25, 0.3) is 5.91 Å². The minimum Gasteiger partial charge on any atom is -0.481 e. The Labute approximate surface area is 205 Å². The molecule has 172 valence electrons. The van der Waals surface area contributed by atoms with Gasteiger partial charge in [-0.1, -0.05) is 60.1 Å². The molecule has 0 aliphatic carbocycles. The molecule has 1 amide bonds. The number of rotatable bonds is 7. The molecule has 0 unspecified atom stereocenters. The van der Waals surface area contributed by atoms with Gasteiger partial charge < -0.3 is 15.0 Å². The van der Waals surface area contributed by atoms with Crippen LogP contribution in [0.25, 0.3) is 22.3 Å². The summed E-state index contributed by atoms with van der Waals surface area (Å²) in [6, 6.07) is 25.5. The first-order valence-corrected chi connectivity index (χ1v) is 11.3. The predicted octanol–water partition coefficient (Wildman–Crippen LogP) is 6.39. The molecule has 0 spiro atoms. The summed E-state index contributed by atoms with van der Waals surface area (Å²) in [5.74, 6) is 0.249. The van der Waals surface area contributed by atoms with E-state index in [9.17, 15) is 4.79 Å². The van der Waals surface area contributed by atoms with Crippen LogP contribution in [0.4, 0.5) is 5.69 Å². The largest absolute Gasteiger partial charge is 0.481 e. The summed E-state index contributed by atoms with van der Waals surface area (Å²) in [4.78, 5) is 19.0. The van der Waals surface area contributed by atoms with Gasteiger partial charge in [0, 0.05) is 28.8 Å². The number of hydrogen-bond acceptors (Lipinski definition) is 4. The molecule has 0 saturated heterocycles. The Hall–Kier alpha value is -3.67. The Morgan fingerprint density at radius 1 is 0.912 bits per heavy atom. The molecule has 0 atom stereocenters. The zero-order chi connectivity index (χ0) is 24.1. The second-order valence-electron chi connectivity index (χ2n) is 8.25. The minimum atomic E-state index is -0.237. The molecule has 4 rings (SSSR count). The van der Waals surface area contributed by atoms with Gasteiger partial charge in [0.1, 0.15) is 0 Å². The van der Waals surface area contributed by atoms with Gasteiger partial charge in [0.15, 0.2) is 0 Å². The third kappa shape index (κ3) is 5.63. The third-order valence-corrected chi connectivity index (χ3v) is 5.74. The highest BCUT2D eigenvalue weighted by atomic mass is 35.5. The van der Waals surface area contributed by atoms with Crippen LogP contribution in [0, 0.1) is 0 Å². The zero-order valence-corrected chi connectivity index (χ0v) is 20.1. The van der Waals surface area contributed by atoms with Crippen molar-refractivity contribution >= 4 is 23.2 Å². The average Bonchev–Trinajstić information content (AvgIpc) is 2.85. The molecule has 0 aliphatic heterocycles. The SMILES string of the molecule is COc1ccc(NC(=O)c2ccc(Cl)c(-c3ccc(-c4ccc(CN(C)C)cc4)cc3)c2)cn1. The molecular formula is C28H26ClN3O2. The second-order valence-corrected chi connectivity index (χ2v) is 8.66. The molecule has 1 aromatic heterocycles. The summed E-state index contributed by atoms with van der Waals surface area (Å²) < 4.78 is 5.05. The fraction of sp³-hybridized carbons (Fsp3) is 0.143. The number of hydrogen-bond donors (Lipinski definition) is 1. The van der Waals surface area contributed by atoms with Crippen molar-refractivity contribution in [2.45, 2.75) is 6.54 Å². The second kappa shape index (κ2) is 10.5. The number of nitrogens with one attached hydrogen (secondary N) is 1. The molecule has 0 fully saturated rings. The van der Waals surface area contributed by atoms with Crippen LogP contribution in [0.15, 0.2) is 85.1 Å². The highest BCUT2D eigenvalue weighted by Crippen LogP contribution is 2.31. The summed E-state index contributed by atoms with van der Waals surface area (Å²) >= 11 is 6.49. The number of anilines is 1. The first-order valence-electron chi connectivity index (χ1n) is 10.9. The maximum atomic E-state index is 12.8. The van der Waals surface area contributed by atoms with Crippen molar-refractivity contribution in [1.29, 1.82) is 0 Å². The molecule has 3 aromatic carbocycles. The van der Waals surface area contributed by atoms with E-state index in [-0.39, 0.29) is 5.91 Å². The summed E-state index contributed by atoms with van der Waals surface area (Å²) in [6.45, 7) is 0.913. The van der Waals surface area contributed by atoms with Gasteiger partial charge in [-0.3, -0.25) is 4.79 Å². The number of carbonyl (C=O) groups is 1. The molecular weight excluding hydrogens is 446 g/mol. The van der Waals surface area contributed by atoms with Crippen molar-refractivity contribution in [3.05, 3.63) is 101 Å². The fourth-order valence-electron chi connectivity index (χ4n) is 3.68. The van der Waals surface area contributed by atoms with Crippen LogP contribution in [0.5, 0.6) is 5.88 Å². The van der Waals surface area contributed by atoms with E-state index >= 15 is 0 Å². The lowest BCUT2D eigenvalue weighted by molar-refractivity contribution is 0.102. The molecule has 1 N–H and O–H groups in total. The van der Waals surface area contributed by atoms with Crippen molar-refractivity contribution < 1.29 is 9.53 Å². The zero-order valence-electron chi connectivity index (χ0n) is 19.4. The van der Waals surface area contributed by atoms with E-state index in [1.165, 1.54) is 5.56 Å². The molecule has 0 radical (unpaired) electrons. The highest BCUT2D eigenvalue weighted by Gasteiger charge is 2.12. The van der Waals surface area contributed by atoms with Crippen LogP contribution in [0.1, 0.15) is 15.9 Å². The number of benzene rings is 3. The number of amides is 1. The van der Waals surface area contributed by atoms with E-state index in [1.54, 1.807) is 43.6 Å². The van der Waals surface area contributed by atoms with Crippen molar-refractivity contribution in [2.24, 2.45) is 0 Å². The van der Waals surface area contributed by atoms with Crippen molar-refractivity contribution in [2.75, 3.05) is 26.5 Å². The number of ether oxygens (including phenoxy) is 1. The van der Waals surface area contributed by atoms with E-state index < -0.39 is 0 Å². The van der Waals surface area contributed by atoms with Gasteiger partial charge in [0.2, 0.25) is 5.88 Å². The number of halogens is 1. The van der Waals surface area contributed by atoms with Gasteiger partial charge in [-0.05, 0) is 60.6 Å². The smallest absolute Gasteiger partial charge is 0.255 e. The summed E-state index contributed by atoms with van der Waals surface area (Å²) in [7, 11) is 5.67. The maximum absolute atomic E-state index is 12.8. The van der Waals surface area contributed by atoms with Crippen molar-refractivity contribution in [3.8, 4) is 28.1 Å². The molecule has 34 heavy (non-hydrogen) atoms. The third-order valence-electron chi connectivity index (χ3n) is 5.41. The molecule has 4 aromatic rings. The van der Waals surface area contributed by atoms with Gasteiger partial charge in [-0.25, -0.2) is 4.98 Å². The Morgan fingerprint density at radius 3 is 2.15 bits per heavy atom. The van der Waals surface area contributed by atoms with Crippen LogP contribution >= 0.6 is 11.6 Å². The predicted molar refractivity (Wildman–Crippen MR) is 138 cm³/mol. The van der Waals surface area contributed by atoms with Crippen LogP contribution < -0.4 is 10.1 Å². The summed E-state index contributed by atoms with van der Waals surface area (Å²) in [5.41, 5.74) is 6.39. The Morgan fingerprint density at radius 2 is 1.56 bits per heavy atom. The van der Waals surface area contributed by atoms with Crippen LogP contribution in [0.2, 0.25) is 5.02 Å². The molecule has 1 heterocycles. The van der Waals surface area contributed by atoms with Crippen LogP contribution in [-0.4, -0.2) is 37.0 Å². The van der Waals surface area contributed by atoms with Crippen LogP contribution in [-0.2, 0) is 6.54 Å². The standard InChI is InChI=1S/C28H26ClN3O2/c1-32(2)18-19-4-6-20(7-5-19)21-8-10-22(11-9-21)25-16-23(12-14-26(25)29)28(33)31-24-13-15-27(34-3)30-17-24/h4-17H,18H2,1-3H3,(H,31,33). The lowest BCUT2D eigenvalue weighted by Gasteiger charge is -2.11. The monoisotopic (exact) mass is 471 g/mol. The Bertz CT molecular complexity index is 1270. The lowest BCUT2D eigenvalue weighted by Crippen LogP contribution is -2.12. The topological polar surface area (TPSA) is 54.5 Å². The number of nitrogens with zero attached hydrogens (tertiary/aromatic N) is 2. The number of carbonyl (C=O) groups excluding carboxylic acids is 1. The summed E-state index contributed by atoms with van der Waals surface area (Å²) in [6.07, 6.45) is 1.55. The summed E-state index contributed by atoms with van der Waals surface area (Å²) in [5, 5.41) is 3.44. The Kier molecular flexibility index (Phi) is 7.26. The van der Waals surface area contributed by atoms with Gasteiger partial charge in [0.05, 0.1) is 19.0 Å². The molecule has 6 heteroatoms. The normalized spacial score (nSPS) is 10.9. The maximum Gasteiger partial charge on any atom is 0.255 e. The van der Waals surface area contributed by atoms with Gasteiger partial charge in [-0.2, -0.15) is 0 Å². The number of pyridine rings is 1. The van der Waals surface area contributed by atoms with Crippen LogP contribution in [0.3, 0.4) is 0 Å². The fourth-order valence-corrected chi connectivity index (χ4v) is 3.90.